The average molecular weight is 358 g/mol. The Morgan fingerprint density at radius 3 is 1.65 bits per heavy atom. The molecule has 2 aromatic carbocycles. The van der Waals surface area contributed by atoms with Gasteiger partial charge in [-0.05, 0) is 61.4 Å². The van der Waals surface area contributed by atoms with Gasteiger partial charge in [-0.3, -0.25) is 14.5 Å². The highest BCUT2D eigenvalue weighted by molar-refractivity contribution is 6.10. The van der Waals surface area contributed by atoms with Crippen molar-refractivity contribution in [1.82, 2.24) is 4.90 Å². The predicted octanol–water partition coefficient (Wildman–Crippen LogP) is 3.52. The number of nitrogens with zero attached hydrogens (tertiary/aromatic N) is 1. The van der Waals surface area contributed by atoms with E-state index in [0.29, 0.717) is 12.8 Å². The minimum Gasteiger partial charge on any atom is -0.326 e. The molecular formula is C20H20F2N2O2. The molecule has 1 fully saturated rings. The lowest BCUT2D eigenvalue weighted by Crippen LogP contribution is -2.54. The van der Waals surface area contributed by atoms with Crippen LogP contribution in [0.1, 0.15) is 46.4 Å². The summed E-state index contributed by atoms with van der Waals surface area (Å²) in [5, 5.41) is 0. The van der Waals surface area contributed by atoms with E-state index in [-0.39, 0.29) is 17.2 Å². The van der Waals surface area contributed by atoms with E-state index >= 15 is 0 Å². The van der Waals surface area contributed by atoms with Crippen LogP contribution in [0.5, 0.6) is 0 Å². The minimum atomic E-state index is -0.526. The molecule has 0 radical (unpaired) electrons. The number of benzene rings is 2. The largest absolute Gasteiger partial charge is 0.326 e. The van der Waals surface area contributed by atoms with Crippen LogP contribution in [-0.2, 0) is 0 Å². The van der Waals surface area contributed by atoms with Gasteiger partial charge < -0.3 is 5.73 Å². The van der Waals surface area contributed by atoms with Gasteiger partial charge in [0, 0.05) is 17.2 Å². The van der Waals surface area contributed by atoms with E-state index in [1.165, 1.54) is 48.5 Å². The van der Waals surface area contributed by atoms with Gasteiger partial charge in [0.1, 0.15) is 11.6 Å². The first-order chi connectivity index (χ1) is 12.5. The molecule has 0 aliphatic heterocycles. The zero-order valence-electron chi connectivity index (χ0n) is 14.2. The zero-order chi connectivity index (χ0) is 18.7. The Morgan fingerprint density at radius 2 is 1.23 bits per heavy atom. The fourth-order valence-corrected chi connectivity index (χ4v) is 3.32. The van der Waals surface area contributed by atoms with Gasteiger partial charge in [0.15, 0.2) is 0 Å². The second kappa shape index (κ2) is 7.74. The van der Waals surface area contributed by atoms with Crippen LogP contribution in [0.2, 0.25) is 0 Å². The molecule has 2 amide bonds. The second-order valence-corrected chi connectivity index (χ2v) is 6.51. The molecule has 136 valence electrons. The maximum Gasteiger partial charge on any atom is 0.261 e. The van der Waals surface area contributed by atoms with E-state index in [0.717, 1.165) is 17.7 Å². The van der Waals surface area contributed by atoms with Gasteiger partial charge in [-0.1, -0.05) is 12.8 Å². The van der Waals surface area contributed by atoms with Gasteiger partial charge in [-0.25, -0.2) is 8.78 Å². The van der Waals surface area contributed by atoms with E-state index in [2.05, 4.69) is 0 Å². The average Bonchev–Trinajstić information content (AvgIpc) is 2.64. The van der Waals surface area contributed by atoms with Gasteiger partial charge in [0.2, 0.25) is 0 Å². The standard InChI is InChI=1S/C20H20F2N2O2/c21-15-9-5-13(6-10-15)19(25)24(18-4-2-1-3-17(18)23)20(26)14-7-11-16(22)12-8-14/h5-12,17-18H,1-4,23H2/t17-,18-/m1/s1. The number of carbonyl (C=O) groups excluding carboxylic acids is 2. The maximum absolute atomic E-state index is 13.2. The van der Waals surface area contributed by atoms with Crippen LogP contribution in [-0.4, -0.2) is 28.8 Å². The maximum atomic E-state index is 13.2. The van der Waals surface area contributed by atoms with Crippen molar-refractivity contribution in [3.63, 3.8) is 0 Å². The number of carbonyl (C=O) groups is 2. The van der Waals surface area contributed by atoms with E-state index in [9.17, 15) is 18.4 Å². The molecule has 6 heteroatoms. The Labute approximate surface area is 150 Å². The van der Waals surface area contributed by atoms with Crippen molar-refractivity contribution in [3.8, 4) is 0 Å². The first kappa shape index (κ1) is 18.2. The molecule has 1 saturated carbocycles. The molecule has 1 aliphatic carbocycles. The molecule has 0 spiro atoms. The summed E-state index contributed by atoms with van der Waals surface area (Å²) in [7, 11) is 0. The third-order valence-corrected chi connectivity index (χ3v) is 4.73. The third-order valence-electron chi connectivity index (χ3n) is 4.73. The normalized spacial score (nSPS) is 19.8. The lowest BCUT2D eigenvalue weighted by molar-refractivity contribution is 0.0485. The summed E-state index contributed by atoms with van der Waals surface area (Å²) in [6.07, 6.45) is 3.14. The Hall–Kier alpha value is -2.60. The number of hydrogen-bond acceptors (Lipinski definition) is 3. The van der Waals surface area contributed by atoms with E-state index in [1.54, 1.807) is 0 Å². The summed E-state index contributed by atoms with van der Waals surface area (Å²) in [6.45, 7) is 0. The molecule has 0 bridgehead atoms. The van der Waals surface area contributed by atoms with Gasteiger partial charge in [0.25, 0.3) is 11.8 Å². The summed E-state index contributed by atoms with van der Waals surface area (Å²) >= 11 is 0. The fourth-order valence-electron chi connectivity index (χ4n) is 3.32. The molecular weight excluding hydrogens is 338 g/mol. The van der Waals surface area contributed by atoms with Crippen LogP contribution in [0.3, 0.4) is 0 Å². The van der Waals surface area contributed by atoms with Gasteiger partial charge in [-0.15, -0.1) is 0 Å². The van der Waals surface area contributed by atoms with Crippen LogP contribution in [0.15, 0.2) is 48.5 Å². The Bertz CT molecular complexity index is 733. The predicted molar refractivity (Wildman–Crippen MR) is 93.5 cm³/mol. The molecule has 0 saturated heterocycles. The fraction of sp³-hybridized carbons (Fsp3) is 0.300. The molecule has 0 unspecified atom stereocenters. The van der Waals surface area contributed by atoms with Crippen LogP contribution in [0.4, 0.5) is 8.78 Å². The Morgan fingerprint density at radius 1 is 0.808 bits per heavy atom. The van der Waals surface area contributed by atoms with Gasteiger partial charge >= 0.3 is 0 Å². The molecule has 3 rings (SSSR count). The second-order valence-electron chi connectivity index (χ2n) is 6.51. The molecule has 0 aromatic heterocycles. The lowest BCUT2D eigenvalue weighted by atomic mass is 9.89. The Balaban J connectivity index is 1.97. The number of hydrogen-bond donors (Lipinski definition) is 1. The quantitative estimate of drug-likeness (QED) is 0.854. The first-order valence-corrected chi connectivity index (χ1v) is 8.62. The van der Waals surface area contributed by atoms with Gasteiger partial charge in [-0.2, -0.15) is 0 Å². The van der Waals surface area contributed by atoms with Crippen molar-refractivity contribution < 1.29 is 18.4 Å². The zero-order valence-corrected chi connectivity index (χ0v) is 14.2. The van der Waals surface area contributed by atoms with E-state index in [1.807, 2.05) is 0 Å². The summed E-state index contributed by atoms with van der Waals surface area (Å²) < 4.78 is 26.4. The van der Waals surface area contributed by atoms with Crippen LogP contribution in [0, 0.1) is 11.6 Å². The molecule has 1 aliphatic rings. The lowest BCUT2D eigenvalue weighted by Gasteiger charge is -2.37. The summed E-state index contributed by atoms with van der Waals surface area (Å²) in [4.78, 5) is 27.2. The molecule has 2 aromatic rings. The van der Waals surface area contributed by atoms with Crippen molar-refractivity contribution in [1.29, 1.82) is 0 Å². The smallest absolute Gasteiger partial charge is 0.261 e. The molecule has 0 heterocycles. The highest BCUT2D eigenvalue weighted by atomic mass is 19.1. The Kier molecular flexibility index (Phi) is 5.42. The molecule has 26 heavy (non-hydrogen) atoms. The molecule has 4 nitrogen and oxygen atoms in total. The van der Waals surface area contributed by atoms with Gasteiger partial charge in [0.05, 0.1) is 6.04 Å². The number of nitrogens with two attached hydrogens (primary N) is 1. The SMILES string of the molecule is N[C@@H]1CCCC[C@H]1N(C(=O)c1ccc(F)cc1)C(=O)c1ccc(F)cc1. The van der Waals surface area contributed by atoms with Crippen molar-refractivity contribution in [3.05, 3.63) is 71.3 Å². The summed E-state index contributed by atoms with van der Waals surface area (Å²) in [6, 6.07) is 9.31. The van der Waals surface area contributed by atoms with Crippen LogP contribution < -0.4 is 5.73 Å². The van der Waals surface area contributed by atoms with Crippen molar-refractivity contribution in [2.45, 2.75) is 37.8 Å². The monoisotopic (exact) mass is 358 g/mol. The minimum absolute atomic E-state index is 0.208. The highest BCUT2D eigenvalue weighted by Gasteiger charge is 2.36. The van der Waals surface area contributed by atoms with Crippen molar-refractivity contribution >= 4 is 11.8 Å². The van der Waals surface area contributed by atoms with Crippen molar-refractivity contribution in [2.24, 2.45) is 5.73 Å². The number of rotatable bonds is 3. The van der Waals surface area contributed by atoms with Crippen LogP contribution >= 0.6 is 0 Å². The van der Waals surface area contributed by atoms with Crippen molar-refractivity contribution in [2.75, 3.05) is 0 Å². The number of imide groups is 1. The molecule has 2 atom stereocenters. The topological polar surface area (TPSA) is 63.4 Å². The molecule has 2 N–H and O–H groups in total. The first-order valence-electron chi connectivity index (χ1n) is 8.62. The third kappa shape index (κ3) is 3.80. The number of halogens is 2. The van der Waals surface area contributed by atoms with E-state index in [4.69, 9.17) is 5.73 Å². The number of amides is 2. The summed E-state index contributed by atoms with van der Waals surface area (Å²) in [5.74, 6) is -1.98. The van der Waals surface area contributed by atoms with E-state index < -0.39 is 29.5 Å². The highest BCUT2D eigenvalue weighted by Crippen LogP contribution is 2.25. The summed E-state index contributed by atoms with van der Waals surface area (Å²) in [5.41, 5.74) is 6.61. The van der Waals surface area contributed by atoms with Crippen LogP contribution in [0.25, 0.3) is 0 Å².